The van der Waals surface area contributed by atoms with Crippen LogP contribution in [0, 0.1) is 11.8 Å². The highest BCUT2D eigenvalue weighted by molar-refractivity contribution is 6.04. The number of primary amides is 1. The van der Waals surface area contributed by atoms with Crippen molar-refractivity contribution in [3.63, 3.8) is 0 Å². The van der Waals surface area contributed by atoms with Crippen LogP contribution in [0.15, 0.2) is 46.5 Å². The van der Waals surface area contributed by atoms with Crippen LogP contribution in [0.3, 0.4) is 0 Å². The molecule has 2 bridgehead atoms. The minimum Gasteiger partial charge on any atom is -0.506 e. The number of carbonyl (C=O) groups excluding carboxylic acids is 2. The lowest BCUT2D eigenvalue weighted by molar-refractivity contribution is -0.112. The molecule has 238 valence electrons. The largest absolute Gasteiger partial charge is 0.506 e. The van der Waals surface area contributed by atoms with Crippen LogP contribution < -0.4 is 11.1 Å². The number of benzene rings is 1. The first kappa shape index (κ1) is 35.5. The molecule has 0 aromatic heterocycles. The van der Waals surface area contributed by atoms with E-state index >= 15 is 0 Å². The zero-order valence-corrected chi connectivity index (χ0v) is 25.8. The number of amides is 2. The van der Waals surface area contributed by atoms with E-state index in [0.717, 1.165) is 6.21 Å². The molecule has 1 aliphatic heterocycles. The first-order valence-electron chi connectivity index (χ1n) is 13.9. The summed E-state index contributed by atoms with van der Waals surface area (Å²) in [5.41, 5.74) is 6.53. The summed E-state index contributed by atoms with van der Waals surface area (Å²) in [6, 6.07) is 1.17. The zero-order valence-electron chi connectivity index (χ0n) is 25.8. The van der Waals surface area contributed by atoms with Gasteiger partial charge in [-0.2, -0.15) is 0 Å². The Labute approximate surface area is 252 Å². The molecule has 6 atom stereocenters. The molecule has 0 unspecified atom stereocenters. The fourth-order valence-electron chi connectivity index (χ4n) is 5.22. The molecule has 1 aliphatic rings. The molecule has 0 saturated heterocycles. The first-order chi connectivity index (χ1) is 20.4. The fourth-order valence-corrected chi connectivity index (χ4v) is 5.22. The van der Waals surface area contributed by atoms with Crippen molar-refractivity contribution in [1.29, 1.82) is 0 Å². The van der Waals surface area contributed by atoms with E-state index in [4.69, 9.17) is 24.7 Å². The Morgan fingerprint density at radius 3 is 2.47 bits per heavy atom. The molecule has 1 aromatic rings. The van der Waals surface area contributed by atoms with Gasteiger partial charge in [0.25, 0.3) is 5.91 Å². The van der Waals surface area contributed by atoms with Crippen molar-refractivity contribution >= 4 is 29.6 Å². The lowest BCUT2D eigenvalue weighted by Gasteiger charge is -2.32. The predicted octanol–water partition coefficient (Wildman–Crippen LogP) is 4.88. The topological polar surface area (TPSA) is 162 Å². The standard InChI is InChI=1S/C31H44FN3O8/c1-17-13-21-26(34-12-11-32)23(36)16-22(27(21)37)35-30(38)18(2)9-8-10-24(40-5)29(43-31(33)39)20(4)15-19(3)28(42-7)25(14-17)41-6/h8-10,12,15-17,19,24-25,28-29,36-37H,11,13-14H2,1-7H3,(H2,33,39)(H,35,38)/t17-,19+,24+,25+,28-,29+/m1/s1. The number of ether oxygens (including phenoxy) is 4. The van der Waals surface area contributed by atoms with Crippen molar-refractivity contribution in [3.05, 3.63) is 47.1 Å². The molecule has 2 rings (SSSR count). The number of rotatable bonds is 6. The van der Waals surface area contributed by atoms with Gasteiger partial charge in [0.05, 0.1) is 17.9 Å². The van der Waals surface area contributed by atoms with Crippen LogP contribution in [0.2, 0.25) is 0 Å². The number of alkyl halides is 1. The van der Waals surface area contributed by atoms with Gasteiger partial charge in [0.1, 0.15) is 30.0 Å². The predicted molar refractivity (Wildman–Crippen MR) is 163 cm³/mol. The van der Waals surface area contributed by atoms with Crippen LogP contribution in [0.4, 0.5) is 20.6 Å². The number of nitrogens with two attached hydrogens (primary N) is 1. The molecule has 0 radical (unpaired) electrons. The van der Waals surface area contributed by atoms with Crippen LogP contribution in [0.25, 0.3) is 0 Å². The summed E-state index contributed by atoms with van der Waals surface area (Å²) in [7, 11) is 4.60. The Kier molecular flexibility index (Phi) is 13.8. The smallest absolute Gasteiger partial charge is 0.405 e. The van der Waals surface area contributed by atoms with Gasteiger partial charge in [0.15, 0.2) is 6.10 Å². The van der Waals surface area contributed by atoms with E-state index in [9.17, 15) is 24.2 Å². The third kappa shape index (κ3) is 9.63. The molecule has 1 aromatic carbocycles. The number of halogens is 1. The molecule has 11 nitrogen and oxygen atoms in total. The molecular weight excluding hydrogens is 561 g/mol. The summed E-state index contributed by atoms with van der Waals surface area (Å²) < 4.78 is 35.7. The summed E-state index contributed by atoms with van der Waals surface area (Å²) >= 11 is 0. The van der Waals surface area contributed by atoms with Crippen LogP contribution in [0.1, 0.15) is 39.7 Å². The van der Waals surface area contributed by atoms with Gasteiger partial charge in [-0.15, -0.1) is 0 Å². The molecule has 0 aliphatic carbocycles. The van der Waals surface area contributed by atoms with Gasteiger partial charge in [-0.25, -0.2) is 9.18 Å². The Bertz CT molecular complexity index is 1250. The maximum atomic E-state index is 13.0. The summed E-state index contributed by atoms with van der Waals surface area (Å²) in [4.78, 5) is 28.8. The van der Waals surface area contributed by atoms with Gasteiger partial charge >= 0.3 is 6.09 Å². The Morgan fingerprint density at radius 1 is 1.19 bits per heavy atom. The highest BCUT2D eigenvalue weighted by Gasteiger charge is 2.31. The molecule has 5 N–H and O–H groups in total. The summed E-state index contributed by atoms with van der Waals surface area (Å²) in [6.07, 6.45) is 4.83. The Morgan fingerprint density at radius 2 is 1.88 bits per heavy atom. The molecule has 12 heteroatoms. The molecule has 43 heavy (non-hydrogen) atoms. The number of phenols is 2. The minimum atomic E-state index is -0.975. The number of nitrogens with zero attached hydrogens (tertiary/aromatic N) is 1. The Balaban J connectivity index is 2.72. The lowest BCUT2D eigenvalue weighted by atomic mass is 9.87. The summed E-state index contributed by atoms with van der Waals surface area (Å²) in [5, 5.41) is 24.6. The van der Waals surface area contributed by atoms with E-state index in [1.165, 1.54) is 19.3 Å². The van der Waals surface area contributed by atoms with Crippen LogP contribution in [0.5, 0.6) is 11.5 Å². The Hall–Kier alpha value is -3.74. The molecular formula is C31H44FN3O8. The van der Waals surface area contributed by atoms with Crippen molar-refractivity contribution in [2.45, 2.75) is 65.0 Å². The first-order valence-corrected chi connectivity index (χ1v) is 13.9. The molecule has 0 spiro atoms. The fraction of sp³-hybridized carbons (Fsp3) is 0.516. The number of methoxy groups -OCH3 is 3. The summed E-state index contributed by atoms with van der Waals surface area (Å²) in [5.74, 6) is -1.56. The molecule has 0 saturated carbocycles. The monoisotopic (exact) mass is 605 g/mol. The molecule has 2 amide bonds. The molecule has 1 heterocycles. The number of hydrogen-bond acceptors (Lipinski definition) is 9. The van der Waals surface area contributed by atoms with E-state index < -0.39 is 43.1 Å². The highest BCUT2D eigenvalue weighted by atomic mass is 19.1. The van der Waals surface area contributed by atoms with Crippen molar-refractivity contribution in [1.82, 2.24) is 0 Å². The van der Waals surface area contributed by atoms with Crippen molar-refractivity contribution in [2.75, 3.05) is 33.3 Å². The second-order valence-corrected chi connectivity index (χ2v) is 10.6. The normalized spacial score (nSPS) is 26.1. The van der Waals surface area contributed by atoms with Gasteiger partial charge < -0.3 is 40.2 Å². The average molecular weight is 606 g/mol. The third-order valence-corrected chi connectivity index (χ3v) is 7.33. The van der Waals surface area contributed by atoms with Crippen LogP contribution in [-0.2, 0) is 30.2 Å². The molecule has 0 fully saturated rings. The lowest BCUT2D eigenvalue weighted by Crippen LogP contribution is -2.38. The van der Waals surface area contributed by atoms with E-state index in [1.54, 1.807) is 40.2 Å². The van der Waals surface area contributed by atoms with Crippen molar-refractivity contribution in [3.8, 4) is 11.5 Å². The quantitative estimate of drug-likeness (QED) is 0.154. The van der Waals surface area contributed by atoms with Gasteiger partial charge in [-0.1, -0.05) is 38.2 Å². The highest BCUT2D eigenvalue weighted by Crippen LogP contribution is 2.44. The van der Waals surface area contributed by atoms with Gasteiger partial charge in [0, 0.05) is 50.7 Å². The van der Waals surface area contributed by atoms with Crippen LogP contribution >= 0.6 is 0 Å². The van der Waals surface area contributed by atoms with E-state index in [-0.39, 0.29) is 52.3 Å². The maximum Gasteiger partial charge on any atom is 0.405 e. The van der Waals surface area contributed by atoms with E-state index in [1.807, 2.05) is 19.9 Å². The SMILES string of the molecule is CO[C@H]1[C@@H](OC)C[C@H](C)Cc2c(O)c(cc(O)c2N=CCF)NC(=O)C(C)=CC=C[C@H](OC)[C@@H](OC(N)=O)C(C)=C[C@@H]1C. The second-order valence-electron chi connectivity index (χ2n) is 10.6. The number of hydrogen-bond donors (Lipinski definition) is 4. The van der Waals surface area contributed by atoms with Crippen molar-refractivity contribution < 1.29 is 43.1 Å². The average Bonchev–Trinajstić information content (AvgIpc) is 2.95. The number of anilines is 1. The third-order valence-electron chi connectivity index (χ3n) is 7.33. The zero-order chi connectivity index (χ0) is 32.3. The van der Waals surface area contributed by atoms with Gasteiger partial charge in [-0.05, 0) is 38.2 Å². The number of allylic oxidation sites excluding steroid dienone is 2. The van der Waals surface area contributed by atoms with Crippen molar-refractivity contribution in [2.24, 2.45) is 22.6 Å². The van der Waals surface area contributed by atoms with Gasteiger partial charge in [0.2, 0.25) is 0 Å². The number of carbonyl (C=O) groups is 2. The number of nitrogens with one attached hydrogen (secondary N) is 1. The minimum absolute atomic E-state index is 0.0105. The number of aliphatic imine (C=N–C) groups is 1. The van der Waals surface area contributed by atoms with E-state index in [2.05, 4.69) is 10.3 Å². The van der Waals surface area contributed by atoms with Gasteiger partial charge in [-0.3, -0.25) is 9.79 Å². The summed E-state index contributed by atoms with van der Waals surface area (Å²) in [6.45, 7) is 6.35. The second kappa shape index (κ2) is 16.8. The number of fused-ring (bicyclic) bond motifs is 2. The number of aromatic hydroxyl groups is 2. The van der Waals surface area contributed by atoms with Crippen LogP contribution in [-0.4, -0.2) is 80.8 Å². The van der Waals surface area contributed by atoms with E-state index in [0.29, 0.717) is 12.0 Å². The number of phenolic OH excluding ortho intramolecular Hbond substituents is 2. The maximum absolute atomic E-state index is 13.0.